The van der Waals surface area contributed by atoms with Crippen molar-refractivity contribution in [1.29, 1.82) is 0 Å². The van der Waals surface area contributed by atoms with E-state index in [0.717, 1.165) is 58.3 Å². The number of ether oxygens (including phenoxy) is 2. The molecule has 1 aliphatic heterocycles. The molecular weight excluding hydrogens is 471 g/mol. The highest BCUT2D eigenvalue weighted by Crippen LogP contribution is 2.34. The van der Waals surface area contributed by atoms with Crippen LogP contribution in [0.4, 0.5) is 0 Å². The molecule has 0 bridgehead atoms. The Balaban J connectivity index is 0.00000392. The molecular formula is C20H39IN4O3. The van der Waals surface area contributed by atoms with Gasteiger partial charge in [0, 0.05) is 38.1 Å². The molecule has 164 valence electrons. The molecule has 0 amide bonds. The average Bonchev–Trinajstić information content (AvgIpc) is 2.71. The SMILES string of the molecule is CCNC(=NCC1(N2CCOCC2)CCCCC1)NCCCC(=O)OCC.I. The Morgan fingerprint density at radius 3 is 2.50 bits per heavy atom. The first-order valence-electron chi connectivity index (χ1n) is 10.7. The lowest BCUT2D eigenvalue weighted by molar-refractivity contribution is -0.143. The number of hydrogen-bond donors (Lipinski definition) is 2. The van der Waals surface area contributed by atoms with Crippen molar-refractivity contribution in [3.8, 4) is 0 Å². The van der Waals surface area contributed by atoms with Gasteiger partial charge in [-0.2, -0.15) is 0 Å². The van der Waals surface area contributed by atoms with E-state index in [2.05, 4.69) is 22.5 Å². The lowest BCUT2D eigenvalue weighted by atomic mass is 9.80. The third-order valence-corrected chi connectivity index (χ3v) is 5.50. The second-order valence-electron chi connectivity index (χ2n) is 7.41. The molecule has 2 fully saturated rings. The number of nitrogens with zero attached hydrogens (tertiary/aromatic N) is 2. The maximum absolute atomic E-state index is 11.5. The number of nitrogens with one attached hydrogen (secondary N) is 2. The third-order valence-electron chi connectivity index (χ3n) is 5.50. The lowest BCUT2D eigenvalue weighted by Crippen LogP contribution is -2.56. The Hall–Kier alpha value is -0.610. The molecule has 1 heterocycles. The van der Waals surface area contributed by atoms with Crippen LogP contribution < -0.4 is 10.6 Å². The van der Waals surface area contributed by atoms with Gasteiger partial charge in [-0.25, -0.2) is 0 Å². The lowest BCUT2D eigenvalue weighted by Gasteiger charge is -2.47. The Morgan fingerprint density at radius 2 is 1.86 bits per heavy atom. The minimum atomic E-state index is -0.130. The summed E-state index contributed by atoms with van der Waals surface area (Å²) in [5.41, 5.74) is 0.176. The third kappa shape index (κ3) is 8.41. The second kappa shape index (κ2) is 14.4. The summed E-state index contributed by atoms with van der Waals surface area (Å²) in [5, 5.41) is 6.70. The van der Waals surface area contributed by atoms with E-state index in [9.17, 15) is 4.79 Å². The van der Waals surface area contributed by atoms with Crippen molar-refractivity contribution in [2.45, 2.75) is 64.3 Å². The monoisotopic (exact) mass is 510 g/mol. The number of aliphatic imine (C=N–C) groups is 1. The molecule has 8 heteroatoms. The molecule has 28 heavy (non-hydrogen) atoms. The van der Waals surface area contributed by atoms with Crippen LogP contribution in [0.2, 0.25) is 0 Å². The summed E-state index contributed by atoms with van der Waals surface area (Å²) in [7, 11) is 0. The predicted molar refractivity (Wildman–Crippen MR) is 123 cm³/mol. The van der Waals surface area contributed by atoms with E-state index >= 15 is 0 Å². The molecule has 0 aromatic carbocycles. The number of hydrogen-bond acceptors (Lipinski definition) is 5. The summed E-state index contributed by atoms with van der Waals surface area (Å²) < 4.78 is 10.5. The number of guanidine groups is 1. The highest BCUT2D eigenvalue weighted by atomic mass is 127. The van der Waals surface area contributed by atoms with Gasteiger partial charge in [0.2, 0.25) is 0 Å². The maximum atomic E-state index is 11.5. The number of carbonyl (C=O) groups excluding carboxylic acids is 1. The molecule has 2 N–H and O–H groups in total. The van der Waals surface area contributed by atoms with Gasteiger partial charge in [0.15, 0.2) is 5.96 Å². The van der Waals surface area contributed by atoms with Crippen LogP contribution in [0, 0.1) is 0 Å². The maximum Gasteiger partial charge on any atom is 0.305 e. The number of esters is 1. The quantitative estimate of drug-likeness (QED) is 0.163. The molecule has 2 rings (SSSR count). The summed E-state index contributed by atoms with van der Waals surface area (Å²) in [6.45, 7) is 10.4. The minimum Gasteiger partial charge on any atom is -0.466 e. The second-order valence-corrected chi connectivity index (χ2v) is 7.41. The Kier molecular flexibility index (Phi) is 13.1. The van der Waals surface area contributed by atoms with Crippen LogP contribution in [0.3, 0.4) is 0 Å². The topological polar surface area (TPSA) is 75.2 Å². The molecule has 7 nitrogen and oxygen atoms in total. The number of morpholine rings is 1. The summed E-state index contributed by atoms with van der Waals surface area (Å²) in [4.78, 5) is 19.0. The molecule has 0 spiro atoms. The van der Waals surface area contributed by atoms with Crippen LogP contribution in [0.15, 0.2) is 4.99 Å². The van der Waals surface area contributed by atoms with Crippen LogP contribution in [-0.2, 0) is 14.3 Å². The van der Waals surface area contributed by atoms with Crippen LogP contribution in [0.1, 0.15) is 58.8 Å². The number of rotatable bonds is 9. The highest BCUT2D eigenvalue weighted by Gasteiger charge is 2.38. The van der Waals surface area contributed by atoms with E-state index in [1.807, 2.05) is 6.92 Å². The number of halogens is 1. The molecule has 1 saturated carbocycles. The first-order chi connectivity index (χ1) is 13.2. The molecule has 0 atom stereocenters. The predicted octanol–water partition coefficient (Wildman–Crippen LogP) is 2.54. The molecule has 0 aromatic rings. The standard InChI is InChI=1S/C20H38N4O3.HI/c1-3-21-19(22-12-8-9-18(25)27-4-2)23-17-20(10-6-5-7-11-20)24-13-15-26-16-14-24;/h3-17H2,1-2H3,(H2,21,22,23);1H. The van der Waals surface area contributed by atoms with E-state index in [-0.39, 0.29) is 35.5 Å². The highest BCUT2D eigenvalue weighted by molar-refractivity contribution is 14.0. The minimum absolute atomic E-state index is 0. The van der Waals surface area contributed by atoms with E-state index < -0.39 is 0 Å². The van der Waals surface area contributed by atoms with Crippen LogP contribution in [-0.4, -0.2) is 74.9 Å². The summed E-state index contributed by atoms with van der Waals surface area (Å²) >= 11 is 0. The molecule has 0 unspecified atom stereocenters. The van der Waals surface area contributed by atoms with E-state index in [1.54, 1.807) is 0 Å². The zero-order chi connectivity index (χ0) is 19.4. The largest absolute Gasteiger partial charge is 0.466 e. The fraction of sp³-hybridized carbons (Fsp3) is 0.900. The van der Waals surface area contributed by atoms with E-state index in [4.69, 9.17) is 14.5 Å². The smallest absolute Gasteiger partial charge is 0.305 e. The number of carbonyl (C=O) groups is 1. The zero-order valence-electron chi connectivity index (χ0n) is 17.6. The molecule has 0 aromatic heterocycles. The summed E-state index contributed by atoms with van der Waals surface area (Å²) in [6, 6.07) is 0. The van der Waals surface area contributed by atoms with Gasteiger partial charge in [-0.3, -0.25) is 14.7 Å². The fourth-order valence-corrected chi connectivity index (χ4v) is 4.06. The van der Waals surface area contributed by atoms with Gasteiger partial charge in [0.25, 0.3) is 0 Å². The van der Waals surface area contributed by atoms with Crippen LogP contribution in [0.5, 0.6) is 0 Å². The van der Waals surface area contributed by atoms with Crippen molar-refractivity contribution in [2.75, 3.05) is 52.5 Å². The van der Waals surface area contributed by atoms with Gasteiger partial charge in [0.05, 0.1) is 26.4 Å². The van der Waals surface area contributed by atoms with Gasteiger partial charge < -0.3 is 20.1 Å². The zero-order valence-corrected chi connectivity index (χ0v) is 20.0. The summed E-state index contributed by atoms with van der Waals surface area (Å²) in [5.74, 6) is 0.717. The van der Waals surface area contributed by atoms with Crippen molar-refractivity contribution < 1.29 is 14.3 Å². The molecule has 1 saturated heterocycles. The van der Waals surface area contributed by atoms with Gasteiger partial charge in [-0.05, 0) is 33.1 Å². The Bertz CT molecular complexity index is 464. The fourth-order valence-electron chi connectivity index (χ4n) is 4.06. The normalized spacial score (nSPS) is 20.1. The van der Waals surface area contributed by atoms with Crippen molar-refractivity contribution in [2.24, 2.45) is 4.99 Å². The molecule has 2 aliphatic rings. The van der Waals surface area contributed by atoms with Crippen molar-refractivity contribution in [1.82, 2.24) is 15.5 Å². The van der Waals surface area contributed by atoms with Crippen molar-refractivity contribution >= 4 is 35.9 Å². The van der Waals surface area contributed by atoms with Gasteiger partial charge in [-0.15, -0.1) is 24.0 Å². The van der Waals surface area contributed by atoms with E-state index in [0.29, 0.717) is 13.0 Å². The van der Waals surface area contributed by atoms with Gasteiger partial charge in [-0.1, -0.05) is 19.3 Å². The molecule has 1 aliphatic carbocycles. The van der Waals surface area contributed by atoms with Gasteiger partial charge in [0.1, 0.15) is 0 Å². The van der Waals surface area contributed by atoms with Crippen LogP contribution in [0.25, 0.3) is 0 Å². The van der Waals surface area contributed by atoms with E-state index in [1.165, 1.54) is 32.1 Å². The van der Waals surface area contributed by atoms with Crippen molar-refractivity contribution in [3.05, 3.63) is 0 Å². The molecule has 0 radical (unpaired) electrons. The Labute approximate surface area is 187 Å². The first-order valence-corrected chi connectivity index (χ1v) is 10.7. The average molecular weight is 510 g/mol. The Morgan fingerprint density at radius 1 is 1.14 bits per heavy atom. The van der Waals surface area contributed by atoms with Gasteiger partial charge >= 0.3 is 5.97 Å². The van der Waals surface area contributed by atoms with Crippen molar-refractivity contribution in [3.63, 3.8) is 0 Å². The van der Waals surface area contributed by atoms with Crippen LogP contribution >= 0.6 is 24.0 Å². The first kappa shape index (κ1) is 25.4. The summed E-state index contributed by atoms with van der Waals surface area (Å²) in [6.07, 6.45) is 7.54.